The second kappa shape index (κ2) is 5.37. The van der Waals surface area contributed by atoms with Crippen molar-refractivity contribution in [3.8, 4) is 0 Å². The highest BCUT2D eigenvalue weighted by Crippen LogP contribution is 2.43. The summed E-state index contributed by atoms with van der Waals surface area (Å²) in [6.07, 6.45) is 2.65. The summed E-state index contributed by atoms with van der Waals surface area (Å²) in [5.74, 6) is 0.455. The molecule has 3 heterocycles. The second-order valence-corrected chi connectivity index (χ2v) is 5.15. The Morgan fingerprint density at radius 1 is 1.52 bits per heavy atom. The highest BCUT2D eigenvalue weighted by atomic mass is 16.5. The van der Waals surface area contributed by atoms with Gasteiger partial charge in [0.15, 0.2) is 0 Å². The average molecular weight is 290 g/mol. The lowest BCUT2D eigenvalue weighted by atomic mass is 10.1. The fraction of sp³-hybridized carbons (Fsp3) is 0.467. The maximum absolute atomic E-state index is 12.1. The minimum Gasteiger partial charge on any atom is -0.468 e. The Morgan fingerprint density at radius 3 is 3.00 bits per heavy atom. The smallest absolute Gasteiger partial charge is 0.335 e. The van der Waals surface area contributed by atoms with Crippen molar-refractivity contribution in [2.45, 2.75) is 32.7 Å². The largest absolute Gasteiger partial charge is 0.468 e. The Morgan fingerprint density at radius 2 is 2.33 bits per heavy atom. The van der Waals surface area contributed by atoms with Gasteiger partial charge in [-0.15, -0.1) is 0 Å². The predicted molar refractivity (Wildman–Crippen MR) is 73.6 cm³/mol. The number of ether oxygens (including phenoxy) is 1. The van der Waals surface area contributed by atoms with E-state index in [1.165, 1.54) is 0 Å². The van der Waals surface area contributed by atoms with Crippen LogP contribution in [0.25, 0.3) is 0 Å². The van der Waals surface area contributed by atoms with Gasteiger partial charge in [0.25, 0.3) is 0 Å². The molecule has 0 saturated carbocycles. The Bertz CT molecular complexity index is 591. The quantitative estimate of drug-likeness (QED) is 0.629. The molecule has 0 aliphatic carbocycles. The maximum Gasteiger partial charge on any atom is 0.335 e. The molecule has 1 unspecified atom stereocenters. The lowest BCUT2D eigenvalue weighted by molar-refractivity contribution is -0.138. The summed E-state index contributed by atoms with van der Waals surface area (Å²) >= 11 is 0. The molecule has 0 bridgehead atoms. The molecule has 0 spiro atoms. The van der Waals surface area contributed by atoms with Crippen LogP contribution >= 0.6 is 0 Å². The van der Waals surface area contributed by atoms with Crippen molar-refractivity contribution in [2.24, 2.45) is 0 Å². The molecule has 0 radical (unpaired) electrons. The molecule has 2 aliphatic rings. The van der Waals surface area contributed by atoms with Crippen LogP contribution in [0.3, 0.4) is 0 Å². The fourth-order valence-corrected chi connectivity index (χ4v) is 2.93. The van der Waals surface area contributed by atoms with Crippen LogP contribution in [0.15, 0.2) is 34.1 Å². The lowest BCUT2D eigenvalue weighted by Gasteiger charge is -2.23. The first-order valence-corrected chi connectivity index (χ1v) is 7.13. The Balaban J connectivity index is 1.96. The summed E-state index contributed by atoms with van der Waals surface area (Å²) < 4.78 is 10.5. The van der Waals surface area contributed by atoms with Crippen LogP contribution in [-0.2, 0) is 14.3 Å². The van der Waals surface area contributed by atoms with Gasteiger partial charge < -0.3 is 9.15 Å². The van der Waals surface area contributed by atoms with Gasteiger partial charge in [-0.25, -0.2) is 14.8 Å². The normalized spacial score (nSPS) is 24.4. The van der Waals surface area contributed by atoms with Crippen molar-refractivity contribution in [3.05, 3.63) is 35.4 Å². The van der Waals surface area contributed by atoms with Gasteiger partial charge in [0.05, 0.1) is 30.2 Å². The summed E-state index contributed by atoms with van der Waals surface area (Å²) in [6.45, 7) is 4.44. The Hall–Kier alpha value is -2.08. The number of nitrogens with zero attached hydrogens (tertiary/aromatic N) is 2. The van der Waals surface area contributed by atoms with Gasteiger partial charge in [-0.3, -0.25) is 4.79 Å². The van der Waals surface area contributed by atoms with Crippen LogP contribution < -0.4 is 0 Å². The molecular formula is C15H18N2O4. The number of hydrogen-bond donors (Lipinski definition) is 0. The number of rotatable bonds is 3. The lowest BCUT2D eigenvalue weighted by Crippen LogP contribution is -2.33. The third-order valence-corrected chi connectivity index (χ3v) is 3.94. The van der Waals surface area contributed by atoms with Crippen molar-refractivity contribution < 1.29 is 18.7 Å². The highest BCUT2D eigenvalue weighted by molar-refractivity contribution is 5.90. The molecule has 6 nitrogen and oxygen atoms in total. The number of esters is 1. The third kappa shape index (κ3) is 2.25. The van der Waals surface area contributed by atoms with Crippen LogP contribution in [0, 0.1) is 0 Å². The topological polar surface area (TPSA) is 63.0 Å². The van der Waals surface area contributed by atoms with Gasteiger partial charge in [-0.2, -0.15) is 0 Å². The van der Waals surface area contributed by atoms with E-state index in [0.717, 1.165) is 11.5 Å². The van der Waals surface area contributed by atoms with E-state index in [4.69, 9.17) is 9.15 Å². The number of furan rings is 1. The van der Waals surface area contributed by atoms with Crippen molar-refractivity contribution in [1.82, 2.24) is 10.0 Å². The van der Waals surface area contributed by atoms with Crippen LogP contribution in [0.1, 0.15) is 38.5 Å². The zero-order valence-corrected chi connectivity index (χ0v) is 12.2. The van der Waals surface area contributed by atoms with E-state index in [2.05, 4.69) is 0 Å². The first-order chi connectivity index (χ1) is 10.1. The molecule has 1 amide bonds. The minimum absolute atomic E-state index is 0.0164. The molecular weight excluding hydrogens is 272 g/mol. The summed E-state index contributed by atoms with van der Waals surface area (Å²) in [5, 5.41) is 3.60. The molecule has 3 rings (SSSR count). The molecule has 0 N–H and O–H groups in total. The van der Waals surface area contributed by atoms with E-state index in [9.17, 15) is 9.59 Å². The van der Waals surface area contributed by atoms with E-state index in [1.807, 2.05) is 17.1 Å². The SMILES string of the molecule is CCOC(=O)/C(C)=C1/CC(c2ccco2)N2CCC(=O)N12. The van der Waals surface area contributed by atoms with Crippen molar-refractivity contribution in [1.29, 1.82) is 0 Å². The number of amides is 1. The van der Waals surface area contributed by atoms with E-state index in [1.54, 1.807) is 25.1 Å². The maximum atomic E-state index is 12.1. The Kier molecular flexibility index (Phi) is 3.55. The fourth-order valence-electron chi connectivity index (χ4n) is 2.93. The Labute approximate surface area is 122 Å². The monoisotopic (exact) mass is 290 g/mol. The molecule has 1 atom stereocenters. The molecule has 21 heavy (non-hydrogen) atoms. The second-order valence-electron chi connectivity index (χ2n) is 5.15. The zero-order chi connectivity index (χ0) is 15.0. The van der Waals surface area contributed by atoms with E-state index in [-0.39, 0.29) is 17.9 Å². The van der Waals surface area contributed by atoms with Crippen LogP contribution in [0.4, 0.5) is 0 Å². The van der Waals surface area contributed by atoms with E-state index < -0.39 is 0 Å². The van der Waals surface area contributed by atoms with Gasteiger partial charge in [-0.1, -0.05) is 0 Å². The van der Waals surface area contributed by atoms with Crippen molar-refractivity contribution in [2.75, 3.05) is 13.2 Å². The van der Waals surface area contributed by atoms with Gasteiger partial charge in [0, 0.05) is 19.4 Å². The van der Waals surface area contributed by atoms with E-state index >= 15 is 0 Å². The van der Waals surface area contributed by atoms with Crippen molar-refractivity contribution in [3.63, 3.8) is 0 Å². The molecule has 0 aromatic carbocycles. The van der Waals surface area contributed by atoms with Gasteiger partial charge in [0.1, 0.15) is 5.76 Å². The summed E-state index contributed by atoms with van der Waals surface area (Å²) in [6, 6.07) is 3.69. The first kappa shape index (κ1) is 13.9. The number of carbonyl (C=O) groups excluding carboxylic acids is 2. The minimum atomic E-state index is -0.368. The van der Waals surface area contributed by atoms with Gasteiger partial charge in [-0.05, 0) is 26.0 Å². The molecule has 1 aromatic heterocycles. The van der Waals surface area contributed by atoms with E-state index in [0.29, 0.717) is 31.6 Å². The standard InChI is InChI=1S/C15H18N2O4/c1-3-20-15(19)10(2)11-9-12(13-5-4-8-21-13)16-7-6-14(18)17(11)16/h4-5,8,12H,3,6-7,9H2,1-2H3/b11-10-. The first-order valence-electron chi connectivity index (χ1n) is 7.13. The summed E-state index contributed by atoms with van der Waals surface area (Å²) in [5.41, 5.74) is 1.21. The van der Waals surface area contributed by atoms with Gasteiger partial charge in [0.2, 0.25) is 5.91 Å². The van der Waals surface area contributed by atoms with Crippen LogP contribution in [0.5, 0.6) is 0 Å². The number of hydrogen-bond acceptors (Lipinski definition) is 5. The van der Waals surface area contributed by atoms with Crippen molar-refractivity contribution >= 4 is 11.9 Å². The zero-order valence-electron chi connectivity index (χ0n) is 12.2. The predicted octanol–water partition coefficient (Wildman–Crippen LogP) is 2.01. The summed E-state index contributed by atoms with van der Waals surface area (Å²) in [7, 11) is 0. The number of hydrazine groups is 1. The number of carbonyl (C=O) groups is 2. The molecule has 2 saturated heterocycles. The average Bonchev–Trinajstić information content (AvgIpc) is 3.16. The molecule has 2 aliphatic heterocycles. The third-order valence-electron chi connectivity index (χ3n) is 3.94. The summed E-state index contributed by atoms with van der Waals surface area (Å²) in [4.78, 5) is 24.1. The number of fused-ring (bicyclic) bond motifs is 1. The molecule has 2 fully saturated rings. The van der Waals surface area contributed by atoms with Crippen LogP contribution in [0.2, 0.25) is 0 Å². The van der Waals surface area contributed by atoms with Gasteiger partial charge >= 0.3 is 5.97 Å². The molecule has 6 heteroatoms. The molecule has 1 aromatic rings. The molecule has 112 valence electrons. The van der Waals surface area contributed by atoms with Crippen LogP contribution in [-0.4, -0.2) is 35.0 Å². The highest BCUT2D eigenvalue weighted by Gasteiger charge is 2.46.